The number of allylic oxidation sites excluding steroid dienone is 7. The fourth-order valence-corrected chi connectivity index (χ4v) is 8.97. The molecule has 0 bridgehead atoms. The Hall–Kier alpha value is -10.3. The number of nitrogens with one attached hydrogen (secondary N) is 1. The SMILES string of the molecule is CCN(CC)c1ccc(/C=C/C2=[N+](C)c3ccc4ccccc4c3C2(C)CC)c(O)c1.N/C=N\N.N=CN=Nc1ccc(O)cc1O.O.O=C1C=CC(=NN=c2[n-]cc([N+](=O)[O-])s2)C(O)=C1.O=C1C=CC(=NN=c2[n-]cc([N+](=O)[O-])s2)C(O)=C1.[Co]. The molecule has 1 atom stereocenters. The van der Waals surface area contributed by atoms with Crippen LogP contribution < -0.4 is 36.0 Å². The van der Waals surface area contributed by atoms with Gasteiger partial charge in [-0.2, -0.15) is 9.68 Å². The zero-order chi connectivity index (χ0) is 60.8. The third-order valence-corrected chi connectivity index (χ3v) is 13.7. The minimum Gasteiger partial charge on any atom is -0.508 e. The summed E-state index contributed by atoms with van der Waals surface area (Å²) in [7, 11) is 2.15. The van der Waals surface area contributed by atoms with Crippen molar-refractivity contribution in [3.05, 3.63) is 180 Å². The minimum absolute atomic E-state index is 0. The number of benzene rings is 4. The number of hydrazone groups is 1. The molecule has 28 nitrogen and oxygen atoms in total. The maximum absolute atomic E-state index is 10.9. The second-order valence-corrected chi connectivity index (χ2v) is 19.0. The van der Waals surface area contributed by atoms with Gasteiger partial charge in [-0.1, -0.05) is 53.9 Å². The number of hydrogen-bond acceptors (Lipinski definition) is 22. The number of rotatable bonds is 12. The number of fused-ring (bicyclic) bond motifs is 3. The van der Waals surface area contributed by atoms with Gasteiger partial charge in [-0.05, 0) is 98.7 Å². The molecule has 2 aromatic heterocycles. The number of carbonyl (C=O) groups excluding carboxylic acids is 2. The summed E-state index contributed by atoms with van der Waals surface area (Å²) in [5, 5.41) is 101. The minimum atomic E-state index is -0.583. The van der Waals surface area contributed by atoms with E-state index in [0.717, 1.165) is 96.7 Å². The van der Waals surface area contributed by atoms with E-state index in [2.05, 4.69) is 156 Å². The van der Waals surface area contributed by atoms with Gasteiger partial charge in [0.25, 0.3) is 0 Å². The predicted octanol–water partition coefficient (Wildman–Crippen LogP) is 7.21. The summed E-state index contributed by atoms with van der Waals surface area (Å²) < 4.78 is 2.31. The fraction of sp³-hybridized carbons (Fsp3) is 0.167. The zero-order valence-electron chi connectivity index (χ0n) is 45.8. The van der Waals surface area contributed by atoms with Crippen LogP contribution in [0, 0.1) is 25.6 Å². The predicted molar refractivity (Wildman–Crippen MR) is 321 cm³/mol. The Morgan fingerprint density at radius 3 is 1.78 bits per heavy atom. The molecule has 0 amide bonds. The molecule has 3 aliphatic rings. The van der Waals surface area contributed by atoms with E-state index >= 15 is 0 Å². The summed E-state index contributed by atoms with van der Waals surface area (Å²) in [5.41, 5.74) is 10.8. The smallest absolute Gasteiger partial charge is 0.319 e. The van der Waals surface area contributed by atoms with Crippen molar-refractivity contribution in [3.63, 3.8) is 0 Å². The second-order valence-electron chi connectivity index (χ2n) is 17.1. The fourth-order valence-electron chi connectivity index (χ4n) is 7.86. The van der Waals surface area contributed by atoms with Crippen molar-refractivity contribution in [1.29, 1.82) is 5.41 Å². The molecule has 4 aromatic carbocycles. The monoisotopic (exact) mass is 1240 g/mol. The molecule has 1 radical (unpaired) electrons. The third kappa shape index (κ3) is 18.6. The van der Waals surface area contributed by atoms with E-state index in [0.29, 0.717) is 5.75 Å². The van der Waals surface area contributed by atoms with Crippen molar-refractivity contribution < 1.29 is 71.8 Å². The Kier molecular flexibility index (Phi) is 26.7. The Morgan fingerprint density at radius 1 is 0.765 bits per heavy atom. The number of azo groups is 1. The summed E-state index contributed by atoms with van der Waals surface area (Å²) in [6.45, 7) is 10.7. The number of aliphatic hydroxyl groups is 2. The van der Waals surface area contributed by atoms with Crippen molar-refractivity contribution in [1.82, 2.24) is 9.97 Å². The summed E-state index contributed by atoms with van der Waals surface area (Å²) in [6.07, 6.45) is 16.2. The topological polar surface area (TPSA) is 450 Å². The quantitative estimate of drug-likeness (QED) is 0.00876. The Bertz CT molecular complexity index is 3770. The van der Waals surface area contributed by atoms with Crippen LogP contribution in [0.3, 0.4) is 0 Å². The average Bonchev–Trinajstić information content (AvgIpc) is 1.66. The van der Waals surface area contributed by atoms with Crippen LogP contribution in [0.1, 0.15) is 45.2 Å². The third-order valence-electron chi connectivity index (χ3n) is 12.0. The van der Waals surface area contributed by atoms with Gasteiger partial charge in [0.15, 0.2) is 17.3 Å². The van der Waals surface area contributed by atoms with Gasteiger partial charge in [-0.15, -0.1) is 10.2 Å². The van der Waals surface area contributed by atoms with Crippen molar-refractivity contribution in [2.75, 3.05) is 25.0 Å². The van der Waals surface area contributed by atoms with Crippen LogP contribution in [0.5, 0.6) is 17.2 Å². The molecule has 85 heavy (non-hydrogen) atoms. The van der Waals surface area contributed by atoms with Gasteiger partial charge in [0.05, 0.1) is 15.3 Å². The second kappa shape index (κ2) is 32.9. The largest absolute Gasteiger partial charge is 0.508 e. The molecule has 0 spiro atoms. The molecule has 3 heterocycles. The average molecular weight is 1250 g/mol. The Balaban J connectivity index is 0.000000304. The number of nitrogens with zero attached hydrogens (tertiary/aromatic N) is 13. The normalized spacial score (nSPS) is 16.2. The number of aliphatic hydroxyl groups excluding tert-OH is 2. The van der Waals surface area contributed by atoms with Crippen LogP contribution in [0.4, 0.5) is 27.1 Å². The van der Waals surface area contributed by atoms with Gasteiger partial charge in [0.2, 0.25) is 5.69 Å². The van der Waals surface area contributed by atoms with Crippen molar-refractivity contribution >= 4 is 108 Å². The number of aromatic hydroxyl groups is 3. The number of phenolic OH excluding ortho intramolecular Hbond substituents is 3. The van der Waals surface area contributed by atoms with Gasteiger partial charge >= 0.3 is 10.0 Å². The first-order valence-electron chi connectivity index (χ1n) is 24.5. The van der Waals surface area contributed by atoms with E-state index < -0.39 is 9.85 Å². The van der Waals surface area contributed by atoms with Gasteiger partial charge < -0.3 is 67.7 Å². The van der Waals surface area contributed by atoms with Crippen LogP contribution >= 0.6 is 22.7 Å². The van der Waals surface area contributed by atoms with Gasteiger partial charge in [0.1, 0.15) is 65.6 Å². The molecule has 31 heteroatoms. The molecule has 12 N–H and O–H groups in total. The van der Waals surface area contributed by atoms with Gasteiger partial charge in [0, 0.05) is 105 Å². The molecule has 9 rings (SSSR count). The van der Waals surface area contributed by atoms with Crippen LogP contribution in [0.15, 0.2) is 175 Å². The molecule has 447 valence electrons. The number of hydrogen-bond donors (Lipinski definition) is 8. The number of ketones is 2. The van der Waals surface area contributed by atoms with Gasteiger partial charge in [-0.25, -0.2) is 0 Å². The first-order valence-corrected chi connectivity index (χ1v) is 26.1. The first kappa shape index (κ1) is 68.9. The molecule has 2 aliphatic carbocycles. The number of thiazole rings is 2. The molecule has 0 saturated heterocycles. The maximum atomic E-state index is 10.9. The van der Waals surface area contributed by atoms with Crippen LogP contribution in [-0.2, 0) is 31.8 Å². The van der Waals surface area contributed by atoms with Crippen LogP contribution in [0.25, 0.3) is 16.8 Å². The standard InChI is InChI=1S/C28H32N2O.2C9H6N4O4S.C7H7N3O2.CH5N3.Co.H2O/c1-6-28(4)26(18-15-21-13-16-22(19-25(21)31)30(7-2)8-3)29(5)24-17-14-20-11-9-10-12-23(20)27(24)28;2*14-5-1-2-6(7(15)3-5)11-12-9-10-4-8(18-9)13(16)17;8-4-9-10-6-2-1-5(11)3-7(6)12;2-1-4-3;;/h9-19H,6-8H2,1-5H3;2*1-4H,(H2,10,12,14,15);1-4,8,11-12H;1H,3H2,(H2,2,4);;1H2/p-1. The number of phenols is 3. The van der Waals surface area contributed by atoms with E-state index in [1.54, 1.807) is 0 Å². The Morgan fingerprint density at radius 2 is 1.32 bits per heavy atom. The van der Waals surface area contributed by atoms with E-state index in [1.165, 1.54) is 64.2 Å². The molecular weight excluding hydrogens is 1190 g/mol. The van der Waals surface area contributed by atoms with Crippen molar-refractivity contribution in [2.45, 2.75) is 39.5 Å². The van der Waals surface area contributed by atoms with Crippen LogP contribution in [0.2, 0.25) is 0 Å². The van der Waals surface area contributed by atoms with E-state index in [-0.39, 0.29) is 99.0 Å². The molecule has 6 aromatic rings. The molecule has 0 saturated carbocycles. The van der Waals surface area contributed by atoms with E-state index in [4.69, 9.17) is 15.6 Å². The van der Waals surface area contributed by atoms with Crippen molar-refractivity contribution in [2.24, 2.45) is 47.3 Å². The number of nitrogens with two attached hydrogens (primary N) is 2. The van der Waals surface area contributed by atoms with Gasteiger partial charge in [-0.3, -0.25) is 45.4 Å². The molecule has 1 aliphatic heterocycles. The molecule has 0 fully saturated rings. The number of carbonyl (C=O) groups is 2. The van der Waals surface area contributed by atoms with Crippen molar-refractivity contribution in [3.8, 4) is 17.2 Å². The first-order chi connectivity index (χ1) is 39.7. The summed E-state index contributed by atoms with van der Waals surface area (Å²) in [4.78, 5) is 51.2. The van der Waals surface area contributed by atoms with E-state index in [9.17, 15) is 45.1 Å². The summed E-state index contributed by atoms with van der Waals surface area (Å²) in [5.74, 6) is 3.27. The van der Waals surface area contributed by atoms with E-state index in [1.807, 2.05) is 12.1 Å². The Labute approximate surface area is 502 Å². The zero-order valence-corrected chi connectivity index (χ0v) is 48.5. The molecule has 1 unspecified atom stereocenters. The maximum Gasteiger partial charge on any atom is 0.319 e. The summed E-state index contributed by atoms with van der Waals surface area (Å²) in [6, 6.07) is 23.0. The van der Waals surface area contributed by atoms with Crippen LogP contribution in [-0.4, -0.2) is 107 Å². The number of anilines is 1. The number of aromatic nitrogens is 2. The molecular formula is C54H57CoN16O12S2-. The summed E-state index contributed by atoms with van der Waals surface area (Å²) >= 11 is 1.51. The number of nitro groups is 2.